The zero-order chi connectivity index (χ0) is 13.7. The molecule has 1 aliphatic heterocycles. The normalized spacial score (nSPS) is 17.0. The molecule has 0 aromatic rings. The van der Waals surface area contributed by atoms with Crippen LogP contribution in [0.4, 0.5) is 4.79 Å². The third kappa shape index (κ3) is 4.52. The lowest BCUT2D eigenvalue weighted by molar-refractivity contribution is -0.137. The van der Waals surface area contributed by atoms with Crippen LogP contribution in [0.3, 0.4) is 0 Å². The lowest BCUT2D eigenvalue weighted by Gasteiger charge is -2.35. The molecule has 1 N–H and O–H groups in total. The minimum Gasteiger partial charge on any atom is -0.480 e. The van der Waals surface area contributed by atoms with Crippen molar-refractivity contribution in [1.29, 1.82) is 0 Å². The molecule has 1 saturated heterocycles. The van der Waals surface area contributed by atoms with E-state index in [4.69, 9.17) is 5.11 Å². The number of rotatable bonds is 4. The van der Waals surface area contributed by atoms with Crippen molar-refractivity contribution in [3.8, 4) is 0 Å². The quantitative estimate of drug-likeness (QED) is 0.791. The molecule has 1 fully saturated rings. The van der Waals surface area contributed by atoms with Crippen molar-refractivity contribution in [3.63, 3.8) is 0 Å². The molecule has 0 aliphatic carbocycles. The summed E-state index contributed by atoms with van der Waals surface area (Å²) in [7, 11) is 5.64. The molecule has 0 spiro atoms. The van der Waals surface area contributed by atoms with E-state index in [1.54, 1.807) is 4.90 Å². The van der Waals surface area contributed by atoms with Gasteiger partial charge in [0.05, 0.1) is 0 Å². The third-order valence-corrected chi connectivity index (χ3v) is 3.21. The topological polar surface area (TPSA) is 64.1 Å². The first-order valence-electron chi connectivity index (χ1n) is 6.26. The second-order valence-electron chi connectivity index (χ2n) is 5.23. The Bertz CT molecular complexity index is 299. The fourth-order valence-corrected chi connectivity index (χ4v) is 2.34. The zero-order valence-electron chi connectivity index (χ0n) is 11.4. The van der Waals surface area contributed by atoms with Crippen LogP contribution in [0, 0.1) is 5.92 Å². The summed E-state index contributed by atoms with van der Waals surface area (Å²) in [4.78, 5) is 27.7. The van der Waals surface area contributed by atoms with Crippen molar-refractivity contribution in [2.24, 2.45) is 5.92 Å². The number of nitrogens with zero attached hydrogens (tertiary/aromatic N) is 3. The Labute approximate surface area is 108 Å². The first-order chi connectivity index (χ1) is 8.40. The predicted molar refractivity (Wildman–Crippen MR) is 68.5 cm³/mol. The van der Waals surface area contributed by atoms with Gasteiger partial charge in [0.1, 0.15) is 6.54 Å². The fourth-order valence-electron chi connectivity index (χ4n) is 2.34. The van der Waals surface area contributed by atoms with Crippen LogP contribution in [0.1, 0.15) is 12.8 Å². The molecule has 0 atom stereocenters. The Morgan fingerprint density at radius 3 is 2.22 bits per heavy atom. The lowest BCUT2D eigenvalue weighted by Crippen LogP contribution is -2.47. The number of amides is 2. The summed E-state index contributed by atoms with van der Waals surface area (Å²) >= 11 is 0. The highest BCUT2D eigenvalue weighted by molar-refractivity contribution is 5.79. The smallest absolute Gasteiger partial charge is 0.323 e. The molecule has 0 bridgehead atoms. The third-order valence-electron chi connectivity index (χ3n) is 3.21. The van der Waals surface area contributed by atoms with E-state index < -0.39 is 5.97 Å². The van der Waals surface area contributed by atoms with Gasteiger partial charge in [-0.2, -0.15) is 0 Å². The molecular formula is C12H23N3O3. The van der Waals surface area contributed by atoms with Gasteiger partial charge in [-0.25, -0.2) is 4.79 Å². The van der Waals surface area contributed by atoms with Crippen LogP contribution in [0.5, 0.6) is 0 Å². The molecule has 1 aliphatic rings. The Hall–Kier alpha value is -1.30. The largest absolute Gasteiger partial charge is 0.480 e. The summed E-state index contributed by atoms with van der Waals surface area (Å²) in [5.74, 6) is -0.345. The summed E-state index contributed by atoms with van der Waals surface area (Å²) in [6, 6.07) is -0.180. The van der Waals surface area contributed by atoms with Gasteiger partial charge in [-0.1, -0.05) is 0 Å². The minimum atomic E-state index is -0.978. The lowest BCUT2D eigenvalue weighted by atomic mass is 9.96. The second-order valence-corrected chi connectivity index (χ2v) is 5.23. The molecule has 0 aromatic carbocycles. The first kappa shape index (κ1) is 14.8. The van der Waals surface area contributed by atoms with E-state index in [0.717, 1.165) is 32.5 Å². The van der Waals surface area contributed by atoms with Crippen molar-refractivity contribution in [1.82, 2.24) is 14.7 Å². The summed E-state index contributed by atoms with van der Waals surface area (Å²) in [5.41, 5.74) is 0. The minimum absolute atomic E-state index is 0.180. The number of aliphatic carboxylic acids is 1. The molecule has 0 radical (unpaired) electrons. The number of carbonyl (C=O) groups excluding carboxylic acids is 1. The van der Waals surface area contributed by atoms with Crippen LogP contribution in [-0.4, -0.2) is 79.1 Å². The van der Waals surface area contributed by atoms with Gasteiger partial charge in [-0.05, 0) is 32.9 Å². The molecule has 2 amide bonds. The van der Waals surface area contributed by atoms with Crippen LogP contribution >= 0.6 is 0 Å². The number of piperidine rings is 1. The molecule has 104 valence electrons. The van der Waals surface area contributed by atoms with Gasteiger partial charge in [-0.3, -0.25) is 4.79 Å². The van der Waals surface area contributed by atoms with Crippen molar-refractivity contribution in [2.75, 3.05) is 47.3 Å². The Kier molecular flexibility index (Phi) is 5.40. The molecule has 18 heavy (non-hydrogen) atoms. The van der Waals surface area contributed by atoms with E-state index >= 15 is 0 Å². The van der Waals surface area contributed by atoms with Crippen LogP contribution in [0.2, 0.25) is 0 Å². The number of hydrogen-bond donors (Lipinski definition) is 1. The fraction of sp³-hybridized carbons (Fsp3) is 0.833. The van der Waals surface area contributed by atoms with E-state index in [-0.39, 0.29) is 12.6 Å². The van der Waals surface area contributed by atoms with Gasteiger partial charge in [0.2, 0.25) is 0 Å². The maximum Gasteiger partial charge on any atom is 0.323 e. The van der Waals surface area contributed by atoms with Gasteiger partial charge in [0.25, 0.3) is 0 Å². The SMILES string of the molecule is CN(C)CC1CCN(C(=O)N(C)CC(=O)O)CC1. The number of likely N-dealkylation sites (N-methyl/N-ethyl adjacent to an activating group) is 1. The van der Waals surface area contributed by atoms with Gasteiger partial charge in [0.15, 0.2) is 0 Å². The van der Waals surface area contributed by atoms with E-state index in [1.807, 2.05) is 0 Å². The molecule has 1 rings (SSSR count). The standard InChI is InChI=1S/C12H23N3O3/c1-13(2)8-10-4-6-15(7-5-10)12(18)14(3)9-11(16)17/h10H,4-9H2,1-3H3,(H,16,17). The molecule has 1 heterocycles. The average molecular weight is 257 g/mol. The van der Waals surface area contributed by atoms with Gasteiger partial charge in [0, 0.05) is 26.7 Å². The monoisotopic (exact) mass is 257 g/mol. The summed E-state index contributed by atoms with van der Waals surface area (Å²) in [6.07, 6.45) is 1.98. The second kappa shape index (κ2) is 6.58. The van der Waals surface area contributed by atoms with Crippen LogP contribution in [-0.2, 0) is 4.79 Å². The molecule has 6 nitrogen and oxygen atoms in total. The van der Waals surface area contributed by atoms with Crippen molar-refractivity contribution in [3.05, 3.63) is 0 Å². The van der Waals surface area contributed by atoms with Crippen LogP contribution in [0.25, 0.3) is 0 Å². The van der Waals surface area contributed by atoms with Gasteiger partial charge in [-0.15, -0.1) is 0 Å². The maximum atomic E-state index is 11.9. The Morgan fingerprint density at radius 2 is 1.78 bits per heavy atom. The predicted octanol–water partition coefficient (Wildman–Crippen LogP) is 0.396. The molecule has 0 saturated carbocycles. The van der Waals surface area contributed by atoms with Crippen molar-refractivity contribution < 1.29 is 14.7 Å². The highest BCUT2D eigenvalue weighted by atomic mass is 16.4. The van der Waals surface area contributed by atoms with Crippen LogP contribution < -0.4 is 0 Å². The average Bonchev–Trinajstić information content (AvgIpc) is 2.27. The molecule has 6 heteroatoms. The van der Waals surface area contributed by atoms with E-state index in [9.17, 15) is 9.59 Å². The summed E-state index contributed by atoms with van der Waals surface area (Å²) in [5, 5.41) is 8.65. The van der Waals surface area contributed by atoms with E-state index in [2.05, 4.69) is 19.0 Å². The van der Waals surface area contributed by atoms with E-state index in [1.165, 1.54) is 11.9 Å². The molecule has 0 unspecified atom stereocenters. The van der Waals surface area contributed by atoms with Crippen molar-refractivity contribution in [2.45, 2.75) is 12.8 Å². The number of carboxylic acids is 1. The first-order valence-corrected chi connectivity index (χ1v) is 6.26. The summed E-state index contributed by atoms with van der Waals surface area (Å²) in [6.45, 7) is 2.26. The Morgan fingerprint density at radius 1 is 1.22 bits per heavy atom. The number of carbonyl (C=O) groups is 2. The maximum absolute atomic E-state index is 11.9. The Balaban J connectivity index is 2.38. The van der Waals surface area contributed by atoms with Crippen molar-refractivity contribution >= 4 is 12.0 Å². The zero-order valence-corrected chi connectivity index (χ0v) is 11.4. The van der Waals surface area contributed by atoms with Crippen LogP contribution in [0.15, 0.2) is 0 Å². The van der Waals surface area contributed by atoms with Gasteiger partial charge >= 0.3 is 12.0 Å². The highest BCUT2D eigenvalue weighted by Crippen LogP contribution is 2.18. The summed E-state index contributed by atoms with van der Waals surface area (Å²) < 4.78 is 0. The van der Waals surface area contributed by atoms with E-state index in [0.29, 0.717) is 5.92 Å². The number of carboxylic acid groups (broad SMARTS) is 1. The number of urea groups is 1. The van der Waals surface area contributed by atoms with Gasteiger partial charge < -0.3 is 19.8 Å². The number of likely N-dealkylation sites (tertiary alicyclic amines) is 1. The highest BCUT2D eigenvalue weighted by Gasteiger charge is 2.25. The molecular weight excluding hydrogens is 234 g/mol. The number of hydrogen-bond acceptors (Lipinski definition) is 3. The molecule has 0 aromatic heterocycles.